The van der Waals surface area contributed by atoms with Crippen molar-refractivity contribution in [1.82, 2.24) is 4.98 Å². The predicted octanol–water partition coefficient (Wildman–Crippen LogP) is 1.63. The molecule has 0 spiro atoms. The summed E-state index contributed by atoms with van der Waals surface area (Å²) < 4.78 is 10.9. The van der Waals surface area contributed by atoms with Crippen molar-refractivity contribution in [3.05, 3.63) is 12.1 Å². The Balaban J connectivity index is 2.29. The van der Waals surface area contributed by atoms with Gasteiger partial charge in [0.15, 0.2) is 5.58 Å². The monoisotopic (exact) mass is 238 g/mol. The Morgan fingerprint density at radius 1 is 1.27 bits per heavy atom. The van der Waals surface area contributed by atoms with E-state index in [9.17, 15) is 0 Å². The molecule has 1 aliphatic rings. The third-order valence-electron chi connectivity index (χ3n) is 2.13. The van der Waals surface area contributed by atoms with Gasteiger partial charge in [-0.15, -0.1) is 0 Å². The molecule has 6 heteroatoms. The van der Waals surface area contributed by atoms with E-state index in [4.69, 9.17) is 9.15 Å². The zero-order valence-corrected chi connectivity index (χ0v) is 10.0. The van der Waals surface area contributed by atoms with E-state index in [0.29, 0.717) is 12.2 Å². The van der Waals surface area contributed by atoms with Crippen molar-refractivity contribution in [2.24, 2.45) is 4.99 Å². The molecule has 1 aliphatic heterocycles. The van der Waals surface area contributed by atoms with Gasteiger partial charge < -0.3 is 9.15 Å². The molecule has 4 nitrogen and oxygen atoms in total. The smallest absolute Gasteiger partial charge is 0.211 e. The highest BCUT2D eigenvalue weighted by Gasteiger charge is 2.14. The third kappa shape index (κ3) is 1.54. The topological polar surface area (TPSA) is 47.6 Å². The van der Waals surface area contributed by atoms with E-state index in [1.165, 1.54) is 0 Å². The number of aliphatic imine (C=N–C) groups is 1. The molecule has 15 heavy (non-hydrogen) atoms. The average Bonchev–Trinajstić information content (AvgIpc) is 2.53. The van der Waals surface area contributed by atoms with Crippen LogP contribution in [0.5, 0.6) is 5.75 Å². The lowest BCUT2D eigenvalue weighted by Gasteiger charge is -2.13. The fraction of sp³-hybridized carbons (Fsp3) is 0.111. The molecule has 2 unspecified atom stereocenters. The van der Waals surface area contributed by atoms with E-state index >= 15 is 0 Å². The molecule has 76 valence electrons. The molecule has 0 amide bonds. The molecule has 0 aliphatic carbocycles. The lowest BCUT2D eigenvalue weighted by molar-refractivity contribution is 0.375. The highest BCUT2D eigenvalue weighted by molar-refractivity contribution is 7.40. The van der Waals surface area contributed by atoms with Crippen molar-refractivity contribution < 1.29 is 9.15 Å². The van der Waals surface area contributed by atoms with Crippen LogP contribution in [0.2, 0.25) is 0 Å². The minimum Gasteiger partial charge on any atom is -0.485 e. The molecule has 2 aromatic rings. The largest absolute Gasteiger partial charge is 0.485 e. The number of ether oxygens (including phenoxy) is 1. The van der Waals surface area contributed by atoms with Crippen molar-refractivity contribution in [3.63, 3.8) is 0 Å². The van der Waals surface area contributed by atoms with Crippen LogP contribution in [0, 0.1) is 0 Å². The molecule has 0 N–H and O–H groups in total. The molecule has 0 saturated heterocycles. The number of aromatic nitrogens is 1. The Hall–Kier alpha value is -0.980. The number of fused-ring (bicyclic) bond motifs is 2. The molecule has 2 heterocycles. The molecule has 0 radical (unpaired) electrons. The van der Waals surface area contributed by atoms with Gasteiger partial charge in [0.05, 0.1) is 5.45 Å². The number of hydrogen-bond donors (Lipinski definition) is 0. The summed E-state index contributed by atoms with van der Waals surface area (Å²) in [6.45, 7) is 0.505. The van der Waals surface area contributed by atoms with Gasteiger partial charge in [0.25, 0.3) is 0 Å². The maximum atomic E-state index is 5.51. The van der Waals surface area contributed by atoms with Crippen molar-refractivity contribution in [2.75, 3.05) is 6.61 Å². The molecule has 0 saturated carbocycles. The van der Waals surface area contributed by atoms with Crippen LogP contribution >= 0.6 is 18.5 Å². The zero-order chi connectivity index (χ0) is 10.4. The summed E-state index contributed by atoms with van der Waals surface area (Å²) in [6, 6.07) is 3.69. The van der Waals surface area contributed by atoms with E-state index in [0.717, 1.165) is 28.0 Å². The molecular formula is C9H8N2O2P2. The first-order valence-corrected chi connectivity index (χ1v) is 5.54. The van der Waals surface area contributed by atoms with E-state index < -0.39 is 0 Å². The van der Waals surface area contributed by atoms with Gasteiger partial charge in [-0.3, -0.25) is 0 Å². The fourth-order valence-electron chi connectivity index (χ4n) is 1.50. The van der Waals surface area contributed by atoms with Crippen LogP contribution in [0.1, 0.15) is 0 Å². The molecule has 0 bridgehead atoms. The maximum absolute atomic E-state index is 5.51. The number of rotatable bonds is 0. The molecular weight excluding hydrogens is 230 g/mol. The van der Waals surface area contributed by atoms with Gasteiger partial charge in [0.1, 0.15) is 23.6 Å². The number of oxazole rings is 1. The lowest BCUT2D eigenvalue weighted by atomic mass is 10.2. The van der Waals surface area contributed by atoms with Gasteiger partial charge in [0.2, 0.25) is 5.63 Å². The summed E-state index contributed by atoms with van der Waals surface area (Å²) in [5.74, 6) is 0.745. The lowest BCUT2D eigenvalue weighted by Crippen LogP contribution is -2.08. The molecule has 3 rings (SSSR count). The van der Waals surface area contributed by atoms with Crippen molar-refractivity contribution >= 4 is 46.4 Å². The van der Waals surface area contributed by atoms with Crippen LogP contribution in [0.25, 0.3) is 11.1 Å². The highest BCUT2D eigenvalue weighted by atomic mass is 31.0. The fourth-order valence-corrected chi connectivity index (χ4v) is 1.99. The second kappa shape index (κ2) is 3.26. The first kappa shape index (κ1) is 9.26. The Bertz CT molecular complexity index is 577. The predicted molar refractivity (Wildman–Crippen MR) is 65.7 cm³/mol. The van der Waals surface area contributed by atoms with Crippen molar-refractivity contribution in [3.8, 4) is 5.75 Å². The summed E-state index contributed by atoms with van der Waals surface area (Å²) in [4.78, 5) is 8.58. The first-order chi connectivity index (χ1) is 7.22. The highest BCUT2D eigenvalue weighted by Crippen LogP contribution is 2.35. The summed E-state index contributed by atoms with van der Waals surface area (Å²) in [5.41, 5.74) is 3.78. The summed E-state index contributed by atoms with van der Waals surface area (Å²) >= 11 is 0. The van der Waals surface area contributed by atoms with Crippen molar-refractivity contribution in [1.29, 1.82) is 0 Å². The minimum atomic E-state index is 0.505. The molecule has 1 aromatic heterocycles. The van der Waals surface area contributed by atoms with E-state index in [1.54, 1.807) is 0 Å². The van der Waals surface area contributed by atoms with E-state index in [1.807, 2.05) is 12.1 Å². The number of hydrogen-bond acceptors (Lipinski definition) is 4. The van der Waals surface area contributed by atoms with Gasteiger partial charge in [-0.1, -0.05) is 9.24 Å². The zero-order valence-electron chi connectivity index (χ0n) is 7.73. The quantitative estimate of drug-likeness (QED) is 0.655. The molecule has 0 fully saturated rings. The van der Waals surface area contributed by atoms with Crippen LogP contribution in [-0.2, 0) is 0 Å². The second-order valence-corrected chi connectivity index (χ2v) is 4.39. The van der Waals surface area contributed by atoms with E-state index in [2.05, 4.69) is 28.5 Å². The number of nitrogens with zero attached hydrogens (tertiary/aromatic N) is 2. The maximum Gasteiger partial charge on any atom is 0.211 e. The van der Waals surface area contributed by atoms with Gasteiger partial charge in [-0.05, 0) is 15.3 Å². The van der Waals surface area contributed by atoms with Crippen LogP contribution in [0.3, 0.4) is 0 Å². The second-order valence-electron chi connectivity index (χ2n) is 3.23. The van der Waals surface area contributed by atoms with Crippen LogP contribution in [0.15, 0.2) is 21.5 Å². The van der Waals surface area contributed by atoms with Crippen LogP contribution < -0.4 is 10.4 Å². The third-order valence-corrected chi connectivity index (χ3v) is 2.67. The number of benzene rings is 1. The van der Waals surface area contributed by atoms with Crippen molar-refractivity contribution in [2.45, 2.75) is 0 Å². The van der Waals surface area contributed by atoms with E-state index in [-0.39, 0.29) is 0 Å². The molecule has 1 aromatic carbocycles. The Morgan fingerprint density at radius 3 is 3.00 bits per heavy atom. The van der Waals surface area contributed by atoms with Gasteiger partial charge in [-0.2, -0.15) is 0 Å². The van der Waals surface area contributed by atoms with Gasteiger partial charge in [-0.25, -0.2) is 9.98 Å². The summed E-state index contributed by atoms with van der Waals surface area (Å²) in [7, 11) is 4.98. The average molecular weight is 238 g/mol. The minimum absolute atomic E-state index is 0.505. The standard InChI is InChI=1S/C9H8N2O2P2/c14-8-3-12-6-2-7-5(1-4(6)10-8)11-9(15)13-7/h1-2H,3,14-15H2. The van der Waals surface area contributed by atoms with Gasteiger partial charge in [0, 0.05) is 6.07 Å². The Labute approximate surface area is 90.5 Å². The molecule has 2 atom stereocenters. The Kier molecular flexibility index (Phi) is 2.01. The normalized spacial score (nSPS) is 14.7. The van der Waals surface area contributed by atoms with Crippen LogP contribution in [0.4, 0.5) is 5.69 Å². The summed E-state index contributed by atoms with van der Waals surface area (Å²) in [6.07, 6.45) is 0. The van der Waals surface area contributed by atoms with Gasteiger partial charge >= 0.3 is 0 Å². The summed E-state index contributed by atoms with van der Waals surface area (Å²) in [5, 5.41) is 0. The Morgan fingerprint density at radius 2 is 2.13 bits per heavy atom. The first-order valence-electron chi connectivity index (χ1n) is 4.38. The SMILES string of the molecule is PC1=Nc2cc3nc(P)oc3cc2OC1. The van der Waals surface area contributed by atoms with Crippen LogP contribution in [-0.4, -0.2) is 17.0 Å².